The van der Waals surface area contributed by atoms with Crippen LogP contribution in [-0.2, 0) is 30.8 Å². The van der Waals surface area contributed by atoms with Gasteiger partial charge in [0.15, 0.2) is 0 Å². The second-order valence-corrected chi connectivity index (χ2v) is 13.3. The average molecular weight is 574 g/mol. The SMILES string of the molecule is Cc1ccc(S(=O)(=O)N2CCC[C@@]2(C)C(=O)N[C@@H](Cc2ccc(OC(=O)N(C)C)cc2)C(=O)OC(C)(C)C)cc1. The van der Waals surface area contributed by atoms with Gasteiger partial charge >= 0.3 is 12.1 Å². The molecule has 3 rings (SSSR count). The number of nitrogens with zero attached hydrogens (tertiary/aromatic N) is 2. The summed E-state index contributed by atoms with van der Waals surface area (Å²) < 4.78 is 39.1. The number of ether oxygens (including phenoxy) is 2. The van der Waals surface area contributed by atoms with E-state index in [4.69, 9.17) is 9.47 Å². The van der Waals surface area contributed by atoms with Gasteiger partial charge in [0, 0.05) is 27.1 Å². The molecular weight excluding hydrogens is 534 g/mol. The van der Waals surface area contributed by atoms with Gasteiger partial charge in [0.25, 0.3) is 0 Å². The van der Waals surface area contributed by atoms with E-state index in [9.17, 15) is 22.8 Å². The number of hydrogen-bond acceptors (Lipinski definition) is 7. The smallest absolute Gasteiger partial charge is 0.414 e. The van der Waals surface area contributed by atoms with Crippen LogP contribution in [0.15, 0.2) is 53.4 Å². The summed E-state index contributed by atoms with van der Waals surface area (Å²) in [5.41, 5.74) is -0.595. The van der Waals surface area contributed by atoms with Gasteiger partial charge in [-0.25, -0.2) is 18.0 Å². The number of amides is 2. The van der Waals surface area contributed by atoms with Crippen LogP contribution in [0.2, 0.25) is 0 Å². The van der Waals surface area contributed by atoms with E-state index >= 15 is 0 Å². The highest BCUT2D eigenvalue weighted by Gasteiger charge is 2.50. The van der Waals surface area contributed by atoms with Gasteiger partial charge in [-0.3, -0.25) is 4.79 Å². The minimum atomic E-state index is -3.96. The Hall–Kier alpha value is -3.44. The maximum Gasteiger partial charge on any atom is 0.414 e. The maximum absolute atomic E-state index is 13.7. The van der Waals surface area contributed by atoms with Crippen molar-refractivity contribution in [3.05, 3.63) is 59.7 Å². The number of hydrogen-bond donors (Lipinski definition) is 1. The van der Waals surface area contributed by atoms with E-state index in [0.29, 0.717) is 24.2 Å². The molecule has 0 saturated carbocycles. The molecule has 2 atom stereocenters. The van der Waals surface area contributed by atoms with Crippen molar-refractivity contribution in [1.29, 1.82) is 0 Å². The van der Waals surface area contributed by atoms with Crippen LogP contribution in [0.1, 0.15) is 51.7 Å². The summed E-state index contributed by atoms with van der Waals surface area (Å²) in [5.74, 6) is -0.887. The molecule has 40 heavy (non-hydrogen) atoms. The van der Waals surface area contributed by atoms with Gasteiger partial charge in [0.1, 0.15) is 22.9 Å². The Labute approximate surface area is 236 Å². The van der Waals surface area contributed by atoms with Crippen LogP contribution in [0.4, 0.5) is 4.79 Å². The van der Waals surface area contributed by atoms with E-state index in [2.05, 4.69) is 5.32 Å². The van der Waals surface area contributed by atoms with Gasteiger partial charge in [-0.2, -0.15) is 4.31 Å². The molecule has 1 saturated heterocycles. The lowest BCUT2D eigenvalue weighted by Crippen LogP contribution is -2.59. The van der Waals surface area contributed by atoms with Crippen LogP contribution in [-0.4, -0.2) is 73.4 Å². The third-order valence-corrected chi connectivity index (χ3v) is 8.64. The van der Waals surface area contributed by atoms with Crippen LogP contribution in [0.25, 0.3) is 0 Å². The zero-order valence-corrected chi connectivity index (χ0v) is 25.0. The monoisotopic (exact) mass is 573 g/mol. The lowest BCUT2D eigenvalue weighted by molar-refractivity contribution is -0.159. The van der Waals surface area contributed by atoms with Gasteiger partial charge in [-0.15, -0.1) is 0 Å². The predicted molar refractivity (Wildman–Crippen MR) is 150 cm³/mol. The molecule has 1 N–H and O–H groups in total. The fourth-order valence-electron chi connectivity index (χ4n) is 4.39. The molecular formula is C29H39N3O7S. The number of carbonyl (C=O) groups is 3. The molecule has 2 aromatic carbocycles. The van der Waals surface area contributed by atoms with Gasteiger partial charge in [0.2, 0.25) is 15.9 Å². The molecule has 0 radical (unpaired) electrons. The minimum Gasteiger partial charge on any atom is -0.458 e. The Balaban J connectivity index is 1.85. The largest absolute Gasteiger partial charge is 0.458 e. The van der Waals surface area contributed by atoms with Crippen molar-refractivity contribution < 1.29 is 32.3 Å². The molecule has 0 bridgehead atoms. The third kappa shape index (κ3) is 7.39. The van der Waals surface area contributed by atoms with Crippen molar-refractivity contribution in [2.45, 2.75) is 76.0 Å². The van der Waals surface area contributed by atoms with Crippen molar-refractivity contribution in [3.8, 4) is 5.75 Å². The van der Waals surface area contributed by atoms with Crippen molar-refractivity contribution in [2.75, 3.05) is 20.6 Å². The molecule has 0 spiro atoms. The van der Waals surface area contributed by atoms with E-state index in [1.165, 1.54) is 21.3 Å². The molecule has 2 aromatic rings. The number of carbonyl (C=O) groups excluding carboxylic acids is 3. The summed E-state index contributed by atoms with van der Waals surface area (Å²) >= 11 is 0. The van der Waals surface area contributed by atoms with Crippen molar-refractivity contribution in [2.24, 2.45) is 0 Å². The molecule has 2 amide bonds. The number of nitrogens with one attached hydrogen (secondary N) is 1. The molecule has 0 aromatic heterocycles. The topological polar surface area (TPSA) is 122 Å². The Bertz CT molecular complexity index is 1330. The third-order valence-electron chi connectivity index (χ3n) is 6.60. The van der Waals surface area contributed by atoms with E-state index in [1.807, 2.05) is 6.92 Å². The number of rotatable bonds is 8. The van der Waals surface area contributed by atoms with Crippen LogP contribution in [0.3, 0.4) is 0 Å². The lowest BCUT2D eigenvalue weighted by Gasteiger charge is -2.34. The Morgan fingerprint density at radius 2 is 1.65 bits per heavy atom. The van der Waals surface area contributed by atoms with Crippen molar-refractivity contribution in [1.82, 2.24) is 14.5 Å². The second-order valence-electron chi connectivity index (χ2n) is 11.4. The number of aryl methyl sites for hydroxylation is 1. The van der Waals surface area contributed by atoms with Crippen molar-refractivity contribution >= 4 is 28.0 Å². The summed E-state index contributed by atoms with van der Waals surface area (Å²) in [6.07, 6.45) is 0.362. The van der Waals surface area contributed by atoms with E-state index < -0.39 is 45.2 Å². The molecule has 1 heterocycles. The first-order valence-electron chi connectivity index (χ1n) is 13.1. The van der Waals surface area contributed by atoms with Crippen molar-refractivity contribution in [3.63, 3.8) is 0 Å². The Morgan fingerprint density at radius 3 is 2.20 bits per heavy atom. The number of sulfonamides is 1. The van der Waals surface area contributed by atoms with E-state index in [0.717, 1.165) is 5.56 Å². The lowest BCUT2D eigenvalue weighted by atomic mass is 9.97. The Morgan fingerprint density at radius 1 is 1.05 bits per heavy atom. The number of esters is 1. The molecule has 1 aliphatic rings. The van der Waals surface area contributed by atoms with E-state index in [-0.39, 0.29) is 17.9 Å². The highest BCUT2D eigenvalue weighted by atomic mass is 32.2. The summed E-state index contributed by atoms with van der Waals surface area (Å²) in [7, 11) is -0.817. The maximum atomic E-state index is 13.7. The highest BCUT2D eigenvalue weighted by molar-refractivity contribution is 7.89. The summed E-state index contributed by atoms with van der Waals surface area (Å²) in [6.45, 7) is 8.82. The Kier molecular flexibility index (Phi) is 9.31. The first kappa shape index (κ1) is 31.1. The normalized spacial score (nSPS) is 18.6. The minimum absolute atomic E-state index is 0.0867. The summed E-state index contributed by atoms with van der Waals surface area (Å²) in [5, 5.41) is 2.78. The molecule has 1 aliphatic heterocycles. The fraction of sp³-hybridized carbons (Fsp3) is 0.483. The van der Waals surface area contributed by atoms with Gasteiger partial charge < -0.3 is 19.7 Å². The fourth-order valence-corrected chi connectivity index (χ4v) is 6.20. The quantitative estimate of drug-likeness (QED) is 0.478. The molecule has 1 fully saturated rings. The van der Waals surface area contributed by atoms with Gasteiger partial charge in [0.05, 0.1) is 4.90 Å². The second kappa shape index (κ2) is 12.0. The highest BCUT2D eigenvalue weighted by Crippen LogP contribution is 2.35. The zero-order valence-electron chi connectivity index (χ0n) is 24.2. The van der Waals surface area contributed by atoms with Crippen LogP contribution in [0, 0.1) is 6.92 Å². The molecule has 0 unspecified atom stereocenters. The van der Waals surface area contributed by atoms with Gasteiger partial charge in [-0.05, 0) is 77.3 Å². The molecule has 11 heteroatoms. The van der Waals surface area contributed by atoms with E-state index in [1.54, 1.807) is 78.2 Å². The standard InChI is InChI=1S/C29H39N3O7S/c1-20-9-15-23(16-10-20)40(36,37)32-18-8-17-29(32,5)26(34)30-24(25(33)39-28(2,3)4)19-21-11-13-22(14-12-21)38-27(35)31(6)7/h9-16,24H,8,17-19H2,1-7H3,(H,30,34)/t24-,29-/m0/s1. The molecule has 0 aliphatic carbocycles. The van der Waals surface area contributed by atoms with Crippen LogP contribution in [0.5, 0.6) is 5.75 Å². The number of benzene rings is 2. The first-order chi connectivity index (χ1) is 18.5. The average Bonchev–Trinajstić information content (AvgIpc) is 3.27. The summed E-state index contributed by atoms with van der Waals surface area (Å²) in [6, 6.07) is 12.0. The molecule has 10 nitrogen and oxygen atoms in total. The van der Waals surface area contributed by atoms with Crippen LogP contribution >= 0.6 is 0 Å². The van der Waals surface area contributed by atoms with Gasteiger partial charge in [-0.1, -0.05) is 29.8 Å². The zero-order chi connectivity index (χ0) is 29.9. The molecule has 218 valence electrons. The predicted octanol–water partition coefficient (Wildman–Crippen LogP) is 3.67. The van der Waals surface area contributed by atoms with Crippen LogP contribution < -0.4 is 10.1 Å². The first-order valence-corrected chi connectivity index (χ1v) is 14.6. The summed E-state index contributed by atoms with van der Waals surface area (Å²) in [4.78, 5) is 40.2.